The quantitative estimate of drug-likeness (QED) is 0.871. The molecule has 20 heavy (non-hydrogen) atoms. The van der Waals surface area contributed by atoms with Crippen molar-refractivity contribution >= 4 is 21.4 Å². The van der Waals surface area contributed by atoms with Crippen molar-refractivity contribution in [2.45, 2.75) is 35.8 Å². The Balaban J connectivity index is 2.25. The molecule has 114 valence electrons. The molecule has 1 aliphatic carbocycles. The molecule has 1 aromatic heterocycles. The predicted octanol–water partition coefficient (Wildman–Crippen LogP) is 2.18. The Morgan fingerprint density at radius 3 is 2.60 bits per heavy atom. The summed E-state index contributed by atoms with van der Waals surface area (Å²) in [5, 5.41) is 4.51. The molecule has 1 aromatic rings. The second-order valence-electron chi connectivity index (χ2n) is 4.70. The lowest BCUT2D eigenvalue weighted by atomic mass is 10.3. The first-order chi connectivity index (χ1) is 9.24. The zero-order valence-corrected chi connectivity index (χ0v) is 12.4. The number of sulfonamides is 1. The van der Waals surface area contributed by atoms with E-state index in [9.17, 15) is 21.6 Å². The van der Waals surface area contributed by atoms with Crippen molar-refractivity contribution in [2.24, 2.45) is 0 Å². The van der Waals surface area contributed by atoms with E-state index in [0.29, 0.717) is 23.7 Å². The monoisotopic (exact) mass is 328 g/mol. The number of rotatable bonds is 6. The van der Waals surface area contributed by atoms with Crippen LogP contribution in [0.15, 0.2) is 15.7 Å². The maximum atomic E-state index is 12.6. The smallest absolute Gasteiger partial charge is 0.316 e. The van der Waals surface area contributed by atoms with Crippen molar-refractivity contribution in [2.75, 3.05) is 13.6 Å². The molecule has 0 spiro atoms. The lowest BCUT2D eigenvalue weighted by molar-refractivity contribution is -0.136. The fourth-order valence-electron chi connectivity index (χ4n) is 1.85. The molecule has 1 N–H and O–H groups in total. The first-order valence-electron chi connectivity index (χ1n) is 6.04. The van der Waals surface area contributed by atoms with E-state index in [1.807, 2.05) is 0 Å². The van der Waals surface area contributed by atoms with Crippen molar-refractivity contribution in [3.63, 3.8) is 0 Å². The van der Waals surface area contributed by atoms with E-state index >= 15 is 0 Å². The maximum Gasteiger partial charge on any atom is 0.402 e. The zero-order valence-electron chi connectivity index (χ0n) is 10.8. The fraction of sp³-hybridized carbons (Fsp3) is 0.636. The molecule has 9 heteroatoms. The van der Waals surface area contributed by atoms with Crippen LogP contribution in [0.5, 0.6) is 0 Å². The van der Waals surface area contributed by atoms with Crippen LogP contribution in [0.25, 0.3) is 0 Å². The number of nitrogens with one attached hydrogen (secondary N) is 1. The SMILES string of the molecule is CNCc1csc(S(=O)(=O)N(CC(F)(F)F)C2CC2)c1. The molecule has 1 aliphatic rings. The molecular formula is C11H15F3N2O2S2. The van der Waals surface area contributed by atoms with Crippen molar-refractivity contribution < 1.29 is 21.6 Å². The average Bonchev–Trinajstić information content (AvgIpc) is 3.04. The molecule has 1 saturated carbocycles. The molecule has 0 atom stereocenters. The molecule has 0 radical (unpaired) electrons. The van der Waals surface area contributed by atoms with Crippen molar-refractivity contribution in [3.05, 3.63) is 17.0 Å². The fourth-order valence-corrected chi connectivity index (χ4v) is 4.86. The molecule has 4 nitrogen and oxygen atoms in total. The highest BCUT2D eigenvalue weighted by molar-refractivity contribution is 7.91. The van der Waals surface area contributed by atoms with Gasteiger partial charge in [0, 0.05) is 12.6 Å². The van der Waals surface area contributed by atoms with Crippen LogP contribution in [0.2, 0.25) is 0 Å². The number of halogens is 3. The Morgan fingerprint density at radius 1 is 1.45 bits per heavy atom. The van der Waals surface area contributed by atoms with Crippen molar-refractivity contribution in [3.8, 4) is 0 Å². The molecule has 1 heterocycles. The number of hydrogen-bond donors (Lipinski definition) is 1. The topological polar surface area (TPSA) is 49.4 Å². The summed E-state index contributed by atoms with van der Waals surface area (Å²) in [6.07, 6.45) is -3.55. The van der Waals surface area contributed by atoms with Gasteiger partial charge in [0.15, 0.2) is 0 Å². The van der Waals surface area contributed by atoms with E-state index in [-0.39, 0.29) is 4.21 Å². The number of hydrogen-bond acceptors (Lipinski definition) is 4. The predicted molar refractivity (Wildman–Crippen MR) is 70.1 cm³/mol. The van der Waals surface area contributed by atoms with Gasteiger partial charge in [-0.2, -0.15) is 17.5 Å². The van der Waals surface area contributed by atoms with Gasteiger partial charge in [-0.1, -0.05) is 0 Å². The molecule has 0 aliphatic heterocycles. The van der Waals surface area contributed by atoms with Gasteiger partial charge in [0.25, 0.3) is 10.0 Å². The van der Waals surface area contributed by atoms with Crippen LogP contribution in [0.3, 0.4) is 0 Å². The van der Waals surface area contributed by atoms with Gasteiger partial charge >= 0.3 is 6.18 Å². The van der Waals surface area contributed by atoms with Crippen LogP contribution < -0.4 is 5.32 Å². The first kappa shape index (κ1) is 15.7. The molecule has 0 aromatic carbocycles. The summed E-state index contributed by atoms with van der Waals surface area (Å²) in [5.74, 6) is 0. The second kappa shape index (κ2) is 5.63. The zero-order chi connectivity index (χ0) is 15.0. The van der Waals surface area contributed by atoms with Gasteiger partial charge in [0.2, 0.25) is 0 Å². The third-order valence-electron chi connectivity index (χ3n) is 2.86. The van der Waals surface area contributed by atoms with Crippen LogP contribution in [-0.2, 0) is 16.6 Å². The Morgan fingerprint density at radius 2 is 2.10 bits per heavy atom. The van der Waals surface area contributed by atoms with Gasteiger partial charge in [0.05, 0.1) is 0 Å². The molecule has 0 bridgehead atoms. The first-order valence-corrected chi connectivity index (χ1v) is 8.36. The molecule has 1 fully saturated rings. The molecular weight excluding hydrogens is 313 g/mol. The van der Waals surface area contributed by atoms with Crippen LogP contribution in [-0.4, -0.2) is 38.5 Å². The third-order valence-corrected chi connectivity index (χ3v) is 6.23. The Hall–Kier alpha value is -0.640. The largest absolute Gasteiger partial charge is 0.402 e. The number of nitrogens with zero attached hydrogens (tertiary/aromatic N) is 1. The Bertz CT molecular complexity index is 564. The van der Waals surface area contributed by atoms with Gasteiger partial charge in [0.1, 0.15) is 10.8 Å². The highest BCUT2D eigenvalue weighted by atomic mass is 32.2. The van der Waals surface area contributed by atoms with Crippen LogP contribution in [0, 0.1) is 0 Å². The minimum absolute atomic E-state index is 0.0288. The summed E-state index contributed by atoms with van der Waals surface area (Å²) < 4.78 is 62.9. The van der Waals surface area contributed by atoms with Gasteiger partial charge in [-0.3, -0.25) is 0 Å². The lowest BCUT2D eigenvalue weighted by Crippen LogP contribution is -2.40. The van der Waals surface area contributed by atoms with E-state index in [0.717, 1.165) is 16.9 Å². The minimum atomic E-state index is -4.53. The van der Waals surface area contributed by atoms with Crippen molar-refractivity contribution in [1.29, 1.82) is 0 Å². The summed E-state index contributed by atoms with van der Waals surface area (Å²) in [4.78, 5) is 0. The summed E-state index contributed by atoms with van der Waals surface area (Å²) in [7, 11) is -2.35. The van der Waals surface area contributed by atoms with E-state index < -0.39 is 28.8 Å². The van der Waals surface area contributed by atoms with Crippen molar-refractivity contribution in [1.82, 2.24) is 9.62 Å². The molecule has 0 unspecified atom stereocenters. The van der Waals surface area contributed by atoms with Gasteiger partial charge in [-0.05, 0) is 36.9 Å². The summed E-state index contributed by atoms with van der Waals surface area (Å²) in [6.45, 7) is -0.937. The number of alkyl halides is 3. The maximum absolute atomic E-state index is 12.6. The standard InChI is InChI=1S/C11H15F3N2O2S2/c1-15-5-8-4-10(19-6-8)20(17,18)16(9-2-3-9)7-11(12,13)14/h4,6,9,15H,2-3,5,7H2,1H3. The Labute approximate surface area is 119 Å². The second-order valence-corrected chi connectivity index (χ2v) is 7.73. The number of thiophene rings is 1. The highest BCUT2D eigenvalue weighted by Gasteiger charge is 2.45. The molecule has 0 saturated heterocycles. The average molecular weight is 328 g/mol. The third kappa shape index (κ3) is 3.72. The van der Waals surface area contributed by atoms with Crippen LogP contribution in [0.1, 0.15) is 18.4 Å². The summed E-state index contributed by atoms with van der Waals surface area (Å²) >= 11 is 0.959. The highest BCUT2D eigenvalue weighted by Crippen LogP contribution is 2.36. The summed E-state index contributed by atoms with van der Waals surface area (Å²) in [5.41, 5.74) is 0.749. The van der Waals surface area contributed by atoms with E-state index in [2.05, 4.69) is 5.32 Å². The van der Waals surface area contributed by atoms with E-state index in [1.54, 1.807) is 12.4 Å². The lowest BCUT2D eigenvalue weighted by Gasteiger charge is -2.22. The van der Waals surface area contributed by atoms with Gasteiger partial charge < -0.3 is 5.32 Å². The van der Waals surface area contributed by atoms with E-state index in [4.69, 9.17) is 0 Å². The van der Waals surface area contributed by atoms with Crippen LogP contribution in [0.4, 0.5) is 13.2 Å². The van der Waals surface area contributed by atoms with Gasteiger partial charge in [-0.15, -0.1) is 11.3 Å². The normalized spacial score (nSPS) is 16.9. The van der Waals surface area contributed by atoms with Gasteiger partial charge in [-0.25, -0.2) is 8.42 Å². The summed E-state index contributed by atoms with van der Waals surface area (Å²) in [6, 6.07) is 0.916. The Kier molecular flexibility index (Phi) is 4.43. The minimum Gasteiger partial charge on any atom is -0.316 e. The molecule has 2 rings (SSSR count). The molecule has 0 amide bonds. The van der Waals surface area contributed by atoms with E-state index in [1.165, 1.54) is 6.07 Å². The van der Waals surface area contributed by atoms with Crippen LogP contribution >= 0.6 is 11.3 Å².